The minimum Gasteiger partial charge on any atom is -0.452 e. The topological polar surface area (TPSA) is 69.9 Å². The van der Waals surface area contributed by atoms with Gasteiger partial charge in [0.05, 0.1) is 17.0 Å². The summed E-state index contributed by atoms with van der Waals surface area (Å²) in [5.74, 6) is 0.985. The van der Waals surface area contributed by atoms with Crippen molar-refractivity contribution in [3.8, 4) is 23.6 Å². The van der Waals surface area contributed by atoms with Gasteiger partial charge in [-0.25, -0.2) is 0 Å². The van der Waals surface area contributed by atoms with E-state index in [9.17, 15) is 0 Å². The van der Waals surface area contributed by atoms with E-state index in [1.807, 2.05) is 30.3 Å². The number of furan rings is 1. The van der Waals surface area contributed by atoms with Crippen molar-refractivity contribution < 1.29 is 9.15 Å². The summed E-state index contributed by atoms with van der Waals surface area (Å²) in [5, 5.41) is 18.7. The van der Waals surface area contributed by atoms with Crippen LogP contribution in [0.4, 0.5) is 0 Å². The highest BCUT2D eigenvalue weighted by Crippen LogP contribution is 2.35. The molecular weight excluding hydrogens is 252 g/mol. The van der Waals surface area contributed by atoms with Crippen LogP contribution in [-0.4, -0.2) is 0 Å². The SMILES string of the molecule is N#Cc1cccc(Oc2c(C#N)oc3ccccc23)c1. The van der Waals surface area contributed by atoms with E-state index < -0.39 is 0 Å². The Hall–Kier alpha value is -3.24. The van der Waals surface area contributed by atoms with E-state index in [-0.39, 0.29) is 5.76 Å². The van der Waals surface area contributed by atoms with Crippen LogP contribution in [0.1, 0.15) is 11.3 Å². The maximum atomic E-state index is 9.12. The summed E-state index contributed by atoms with van der Waals surface area (Å²) in [4.78, 5) is 0. The molecule has 4 heteroatoms. The molecule has 1 heterocycles. The smallest absolute Gasteiger partial charge is 0.247 e. The number of nitrogens with zero attached hydrogens (tertiary/aromatic N) is 2. The Kier molecular flexibility index (Phi) is 2.84. The minimum atomic E-state index is 0.119. The van der Waals surface area contributed by atoms with Crippen molar-refractivity contribution in [2.24, 2.45) is 0 Å². The molecule has 0 N–H and O–H groups in total. The first-order chi connectivity index (χ1) is 9.81. The van der Waals surface area contributed by atoms with E-state index in [0.717, 1.165) is 5.39 Å². The highest BCUT2D eigenvalue weighted by molar-refractivity contribution is 5.86. The average molecular weight is 260 g/mol. The third-order valence-corrected chi connectivity index (χ3v) is 2.83. The molecule has 0 bridgehead atoms. The molecule has 0 atom stereocenters. The fourth-order valence-electron chi connectivity index (χ4n) is 1.94. The van der Waals surface area contributed by atoms with Gasteiger partial charge in [-0.2, -0.15) is 10.5 Å². The van der Waals surface area contributed by atoms with Gasteiger partial charge in [-0.3, -0.25) is 0 Å². The molecule has 0 spiro atoms. The van der Waals surface area contributed by atoms with Crippen molar-refractivity contribution in [3.05, 3.63) is 59.9 Å². The Labute approximate surface area is 115 Å². The van der Waals surface area contributed by atoms with Crippen molar-refractivity contribution >= 4 is 11.0 Å². The molecular formula is C16H8N2O2. The van der Waals surface area contributed by atoms with Crippen LogP contribution in [0.2, 0.25) is 0 Å². The van der Waals surface area contributed by atoms with E-state index in [2.05, 4.69) is 0 Å². The molecule has 0 aliphatic rings. The number of hydrogen-bond acceptors (Lipinski definition) is 4. The van der Waals surface area contributed by atoms with Gasteiger partial charge in [0.15, 0.2) is 5.75 Å². The summed E-state index contributed by atoms with van der Waals surface area (Å²) in [6.07, 6.45) is 0. The predicted molar refractivity (Wildman–Crippen MR) is 72.2 cm³/mol. The van der Waals surface area contributed by atoms with E-state index in [1.165, 1.54) is 0 Å². The van der Waals surface area contributed by atoms with Crippen molar-refractivity contribution in [3.63, 3.8) is 0 Å². The molecule has 0 radical (unpaired) electrons. The van der Waals surface area contributed by atoms with E-state index >= 15 is 0 Å². The Bertz CT molecular complexity index is 866. The lowest BCUT2D eigenvalue weighted by Gasteiger charge is -2.04. The number of rotatable bonds is 2. The van der Waals surface area contributed by atoms with Gasteiger partial charge in [0.2, 0.25) is 5.76 Å². The second-order valence-corrected chi connectivity index (χ2v) is 4.11. The third-order valence-electron chi connectivity index (χ3n) is 2.83. The molecule has 3 rings (SSSR count). The van der Waals surface area contributed by atoms with Gasteiger partial charge in [-0.15, -0.1) is 0 Å². The lowest BCUT2D eigenvalue weighted by atomic mass is 10.2. The minimum absolute atomic E-state index is 0.119. The summed E-state index contributed by atoms with van der Waals surface area (Å²) in [7, 11) is 0. The van der Waals surface area contributed by atoms with Crippen molar-refractivity contribution in [2.45, 2.75) is 0 Å². The van der Waals surface area contributed by atoms with Crippen LogP contribution in [0.15, 0.2) is 52.9 Å². The molecule has 20 heavy (non-hydrogen) atoms. The summed E-state index contributed by atoms with van der Waals surface area (Å²) < 4.78 is 11.2. The maximum absolute atomic E-state index is 9.12. The number of para-hydroxylation sites is 1. The third kappa shape index (κ3) is 1.96. The molecule has 4 nitrogen and oxygen atoms in total. The summed E-state index contributed by atoms with van der Waals surface area (Å²) in [6.45, 7) is 0. The molecule has 94 valence electrons. The number of nitriles is 2. The van der Waals surface area contributed by atoms with Crippen LogP contribution in [0.25, 0.3) is 11.0 Å². The van der Waals surface area contributed by atoms with Crippen molar-refractivity contribution in [1.82, 2.24) is 0 Å². The fourth-order valence-corrected chi connectivity index (χ4v) is 1.94. The fraction of sp³-hybridized carbons (Fsp3) is 0. The molecule has 2 aromatic carbocycles. The first-order valence-corrected chi connectivity index (χ1v) is 5.91. The quantitative estimate of drug-likeness (QED) is 0.699. The van der Waals surface area contributed by atoms with E-state index in [1.54, 1.807) is 30.3 Å². The molecule has 0 unspecified atom stereocenters. The highest BCUT2D eigenvalue weighted by atomic mass is 16.5. The van der Waals surface area contributed by atoms with Crippen LogP contribution in [-0.2, 0) is 0 Å². The van der Waals surface area contributed by atoms with Gasteiger partial charge in [-0.05, 0) is 30.3 Å². The molecule has 0 aliphatic carbocycles. The van der Waals surface area contributed by atoms with Crippen LogP contribution in [0, 0.1) is 22.7 Å². The summed E-state index contributed by atoms with van der Waals surface area (Å²) >= 11 is 0. The monoisotopic (exact) mass is 260 g/mol. The zero-order valence-electron chi connectivity index (χ0n) is 10.3. The second-order valence-electron chi connectivity index (χ2n) is 4.11. The average Bonchev–Trinajstić information content (AvgIpc) is 2.85. The van der Waals surface area contributed by atoms with E-state index in [0.29, 0.717) is 22.6 Å². The Morgan fingerprint density at radius 3 is 2.60 bits per heavy atom. The van der Waals surface area contributed by atoms with Crippen LogP contribution in [0.5, 0.6) is 11.5 Å². The number of fused-ring (bicyclic) bond motifs is 1. The first kappa shape index (κ1) is 11.8. The van der Waals surface area contributed by atoms with Crippen LogP contribution < -0.4 is 4.74 Å². The molecule has 0 saturated heterocycles. The Morgan fingerprint density at radius 1 is 0.950 bits per heavy atom. The molecule has 0 aliphatic heterocycles. The molecule has 3 aromatic rings. The molecule has 0 saturated carbocycles. The lowest BCUT2D eigenvalue weighted by molar-refractivity contribution is 0.467. The highest BCUT2D eigenvalue weighted by Gasteiger charge is 2.15. The maximum Gasteiger partial charge on any atom is 0.247 e. The molecule has 0 amide bonds. The summed E-state index contributed by atoms with van der Waals surface area (Å²) in [6, 6.07) is 18.0. The molecule has 1 aromatic heterocycles. The van der Waals surface area contributed by atoms with Gasteiger partial charge in [0.1, 0.15) is 17.4 Å². The van der Waals surface area contributed by atoms with Gasteiger partial charge in [0.25, 0.3) is 0 Å². The molecule has 0 fully saturated rings. The number of benzene rings is 2. The second kappa shape index (κ2) is 4.79. The van der Waals surface area contributed by atoms with Crippen molar-refractivity contribution in [2.75, 3.05) is 0 Å². The van der Waals surface area contributed by atoms with Gasteiger partial charge < -0.3 is 9.15 Å². The zero-order chi connectivity index (χ0) is 13.9. The Morgan fingerprint density at radius 2 is 1.80 bits per heavy atom. The lowest BCUT2D eigenvalue weighted by Crippen LogP contribution is -1.86. The van der Waals surface area contributed by atoms with Gasteiger partial charge in [0, 0.05) is 0 Å². The zero-order valence-corrected chi connectivity index (χ0v) is 10.3. The number of ether oxygens (including phenoxy) is 1. The van der Waals surface area contributed by atoms with E-state index in [4.69, 9.17) is 19.7 Å². The van der Waals surface area contributed by atoms with Crippen molar-refractivity contribution in [1.29, 1.82) is 10.5 Å². The van der Waals surface area contributed by atoms with Crippen LogP contribution in [0.3, 0.4) is 0 Å². The largest absolute Gasteiger partial charge is 0.452 e. The predicted octanol–water partition coefficient (Wildman–Crippen LogP) is 3.97. The summed E-state index contributed by atoms with van der Waals surface area (Å²) in [5.41, 5.74) is 1.09. The number of hydrogen-bond donors (Lipinski definition) is 0. The Balaban J connectivity index is 2.10. The van der Waals surface area contributed by atoms with Gasteiger partial charge >= 0.3 is 0 Å². The standard InChI is InChI=1S/C16H8N2O2/c17-9-11-4-3-5-12(8-11)19-16-13-6-1-2-7-14(13)20-15(16)10-18/h1-8H. The van der Waals surface area contributed by atoms with Gasteiger partial charge in [-0.1, -0.05) is 18.2 Å². The first-order valence-electron chi connectivity index (χ1n) is 5.91. The normalized spacial score (nSPS) is 9.90. The van der Waals surface area contributed by atoms with Crippen LogP contribution >= 0.6 is 0 Å².